The lowest BCUT2D eigenvalue weighted by Gasteiger charge is -2.19. The van der Waals surface area contributed by atoms with Gasteiger partial charge >= 0.3 is 0 Å². The molecule has 1 fully saturated rings. The Bertz CT molecular complexity index is 356. The van der Waals surface area contributed by atoms with E-state index in [1.165, 1.54) is 18.4 Å². The molecule has 1 atom stereocenters. The molecule has 16 heavy (non-hydrogen) atoms. The third kappa shape index (κ3) is 2.19. The van der Waals surface area contributed by atoms with Crippen LogP contribution in [0.2, 0.25) is 0 Å². The highest BCUT2D eigenvalue weighted by Crippen LogP contribution is 2.23. The second kappa shape index (κ2) is 4.83. The number of aromatic nitrogens is 1. The minimum atomic E-state index is 0.125. The molecule has 2 rings (SSSR count). The van der Waals surface area contributed by atoms with Gasteiger partial charge in [-0.15, -0.1) is 0 Å². The minimum absolute atomic E-state index is 0.125. The zero-order valence-corrected chi connectivity index (χ0v) is 10.2. The molecule has 1 aliphatic heterocycles. The van der Waals surface area contributed by atoms with Gasteiger partial charge in [0.25, 0.3) is 0 Å². The zero-order valence-electron chi connectivity index (χ0n) is 10.2. The van der Waals surface area contributed by atoms with Crippen LogP contribution in [-0.4, -0.2) is 18.1 Å². The molecule has 88 valence electrons. The van der Waals surface area contributed by atoms with Gasteiger partial charge in [0, 0.05) is 24.8 Å². The van der Waals surface area contributed by atoms with Gasteiger partial charge in [0.05, 0.1) is 0 Å². The standard InChI is InChI=1S/C13H21N3/c1-3-12(14)11-6-7-13(15-10(11)2)16-8-4-5-9-16/h6-7,12H,3-5,8-9,14H2,1-2H3/t12-/m0/s1. The van der Waals surface area contributed by atoms with E-state index in [1.54, 1.807) is 0 Å². The zero-order chi connectivity index (χ0) is 11.5. The predicted octanol–water partition coefficient (Wildman–Crippen LogP) is 2.40. The summed E-state index contributed by atoms with van der Waals surface area (Å²) < 4.78 is 0. The van der Waals surface area contributed by atoms with Gasteiger partial charge in [-0.1, -0.05) is 13.0 Å². The van der Waals surface area contributed by atoms with E-state index in [-0.39, 0.29) is 6.04 Å². The van der Waals surface area contributed by atoms with Crippen LogP contribution in [0, 0.1) is 6.92 Å². The molecule has 3 heteroatoms. The summed E-state index contributed by atoms with van der Waals surface area (Å²) in [5.74, 6) is 1.11. The highest BCUT2D eigenvalue weighted by atomic mass is 15.2. The lowest BCUT2D eigenvalue weighted by Crippen LogP contribution is -2.20. The van der Waals surface area contributed by atoms with Gasteiger partial charge in [0.1, 0.15) is 5.82 Å². The van der Waals surface area contributed by atoms with Gasteiger partial charge < -0.3 is 10.6 Å². The fraction of sp³-hybridized carbons (Fsp3) is 0.615. The molecule has 2 heterocycles. The van der Waals surface area contributed by atoms with Crippen LogP contribution in [0.5, 0.6) is 0 Å². The molecule has 0 saturated carbocycles. The maximum absolute atomic E-state index is 6.05. The van der Waals surface area contributed by atoms with Crippen LogP contribution in [0.3, 0.4) is 0 Å². The summed E-state index contributed by atoms with van der Waals surface area (Å²) in [5, 5.41) is 0. The number of nitrogens with two attached hydrogens (primary N) is 1. The van der Waals surface area contributed by atoms with Gasteiger partial charge in [0.2, 0.25) is 0 Å². The predicted molar refractivity (Wildman–Crippen MR) is 67.6 cm³/mol. The number of aryl methyl sites for hydroxylation is 1. The SMILES string of the molecule is CC[C@H](N)c1ccc(N2CCCC2)nc1C. The third-order valence-electron chi connectivity index (χ3n) is 3.38. The second-order valence-corrected chi connectivity index (χ2v) is 4.55. The molecule has 2 N–H and O–H groups in total. The summed E-state index contributed by atoms with van der Waals surface area (Å²) in [6.07, 6.45) is 3.54. The smallest absolute Gasteiger partial charge is 0.128 e. The molecule has 1 aromatic rings. The molecule has 0 spiro atoms. The summed E-state index contributed by atoms with van der Waals surface area (Å²) >= 11 is 0. The van der Waals surface area contributed by atoms with E-state index < -0.39 is 0 Å². The average molecular weight is 219 g/mol. The summed E-state index contributed by atoms with van der Waals surface area (Å²) in [5.41, 5.74) is 8.31. The molecule has 0 amide bonds. The van der Waals surface area contributed by atoms with Crippen LogP contribution >= 0.6 is 0 Å². The molecule has 0 radical (unpaired) electrons. The Hall–Kier alpha value is -1.09. The lowest BCUT2D eigenvalue weighted by molar-refractivity contribution is 0.688. The quantitative estimate of drug-likeness (QED) is 0.848. The summed E-state index contributed by atoms with van der Waals surface area (Å²) in [4.78, 5) is 7.03. The van der Waals surface area contributed by atoms with Crippen LogP contribution in [0.1, 0.15) is 43.5 Å². The monoisotopic (exact) mass is 219 g/mol. The van der Waals surface area contributed by atoms with E-state index in [0.717, 1.165) is 31.0 Å². The van der Waals surface area contributed by atoms with Crippen molar-refractivity contribution in [2.24, 2.45) is 5.73 Å². The van der Waals surface area contributed by atoms with Crippen molar-refractivity contribution in [2.45, 2.75) is 39.2 Å². The van der Waals surface area contributed by atoms with Crippen molar-refractivity contribution in [2.75, 3.05) is 18.0 Å². The Balaban J connectivity index is 2.21. The van der Waals surface area contributed by atoms with Crippen molar-refractivity contribution in [1.29, 1.82) is 0 Å². The van der Waals surface area contributed by atoms with E-state index in [9.17, 15) is 0 Å². The Labute approximate surface area is 97.7 Å². The molecule has 3 nitrogen and oxygen atoms in total. The number of hydrogen-bond donors (Lipinski definition) is 1. The van der Waals surface area contributed by atoms with Crippen molar-refractivity contribution in [3.8, 4) is 0 Å². The number of hydrogen-bond acceptors (Lipinski definition) is 3. The number of pyridine rings is 1. The summed E-state index contributed by atoms with van der Waals surface area (Å²) in [7, 11) is 0. The van der Waals surface area contributed by atoms with Gasteiger partial charge in [-0.25, -0.2) is 4.98 Å². The Morgan fingerprint density at radius 1 is 1.38 bits per heavy atom. The van der Waals surface area contributed by atoms with Gasteiger partial charge in [-0.05, 0) is 37.8 Å². The van der Waals surface area contributed by atoms with E-state index in [4.69, 9.17) is 5.73 Å². The van der Waals surface area contributed by atoms with Crippen molar-refractivity contribution in [1.82, 2.24) is 4.98 Å². The maximum atomic E-state index is 6.05. The summed E-state index contributed by atoms with van der Waals surface area (Å²) in [6, 6.07) is 4.38. The van der Waals surface area contributed by atoms with Gasteiger partial charge in [-0.3, -0.25) is 0 Å². The van der Waals surface area contributed by atoms with E-state index in [0.29, 0.717) is 0 Å². The third-order valence-corrected chi connectivity index (χ3v) is 3.38. The number of nitrogens with zero attached hydrogens (tertiary/aromatic N) is 2. The van der Waals surface area contributed by atoms with Crippen molar-refractivity contribution >= 4 is 5.82 Å². The minimum Gasteiger partial charge on any atom is -0.357 e. The van der Waals surface area contributed by atoms with Crippen LogP contribution in [0.15, 0.2) is 12.1 Å². The van der Waals surface area contributed by atoms with Crippen molar-refractivity contribution in [3.63, 3.8) is 0 Å². The molecule has 0 aliphatic carbocycles. The van der Waals surface area contributed by atoms with Crippen LogP contribution in [0.4, 0.5) is 5.82 Å². The first-order chi connectivity index (χ1) is 7.72. The Kier molecular flexibility index (Phi) is 3.44. The molecular weight excluding hydrogens is 198 g/mol. The molecule has 1 saturated heterocycles. The highest BCUT2D eigenvalue weighted by Gasteiger charge is 2.15. The number of anilines is 1. The topological polar surface area (TPSA) is 42.1 Å². The average Bonchev–Trinajstić information content (AvgIpc) is 2.81. The molecular formula is C13H21N3. The van der Waals surface area contributed by atoms with E-state index in [1.807, 2.05) is 0 Å². The molecule has 1 aromatic heterocycles. The lowest BCUT2D eigenvalue weighted by atomic mass is 10.0. The first-order valence-electron chi connectivity index (χ1n) is 6.20. The summed E-state index contributed by atoms with van der Waals surface area (Å²) in [6.45, 7) is 6.46. The molecule has 0 bridgehead atoms. The highest BCUT2D eigenvalue weighted by molar-refractivity contribution is 5.43. The first kappa shape index (κ1) is 11.4. The molecule has 0 unspecified atom stereocenters. The fourth-order valence-corrected chi connectivity index (χ4v) is 2.29. The molecule has 0 aromatic carbocycles. The van der Waals surface area contributed by atoms with E-state index >= 15 is 0 Å². The van der Waals surface area contributed by atoms with Crippen LogP contribution in [0.25, 0.3) is 0 Å². The van der Waals surface area contributed by atoms with Crippen molar-refractivity contribution < 1.29 is 0 Å². The van der Waals surface area contributed by atoms with Crippen LogP contribution in [-0.2, 0) is 0 Å². The normalized spacial score (nSPS) is 17.8. The van der Waals surface area contributed by atoms with Gasteiger partial charge in [-0.2, -0.15) is 0 Å². The van der Waals surface area contributed by atoms with Gasteiger partial charge in [0.15, 0.2) is 0 Å². The number of rotatable bonds is 3. The Morgan fingerprint density at radius 2 is 2.06 bits per heavy atom. The van der Waals surface area contributed by atoms with E-state index in [2.05, 4.69) is 35.9 Å². The largest absolute Gasteiger partial charge is 0.357 e. The second-order valence-electron chi connectivity index (χ2n) is 4.55. The first-order valence-corrected chi connectivity index (χ1v) is 6.20. The Morgan fingerprint density at radius 3 is 2.62 bits per heavy atom. The maximum Gasteiger partial charge on any atom is 0.128 e. The van der Waals surface area contributed by atoms with Crippen molar-refractivity contribution in [3.05, 3.63) is 23.4 Å². The van der Waals surface area contributed by atoms with Crippen LogP contribution < -0.4 is 10.6 Å². The fourth-order valence-electron chi connectivity index (χ4n) is 2.29. The molecule has 1 aliphatic rings.